The molecule has 0 saturated carbocycles. The van der Waals surface area contributed by atoms with Crippen LogP contribution in [-0.2, 0) is 27.7 Å². The molecule has 2 aromatic rings. The molecule has 2 aromatic carbocycles. The number of rotatable bonds is 12. The number of halogens is 4. The fourth-order valence-electron chi connectivity index (χ4n) is 3.05. The standard InChI is InChI=1S/C24H30ClF3N3O3PS3/c1-5-18(4)34-35(36,29(6-2)22(32)24(26,27)28)31(7-3)38-30(17-19-11-9-8-10-12-19)23(33)37-21-15-13-20(25)14-16-21/h8-16,18H,5-7,17H2,1-4H3. The van der Waals surface area contributed by atoms with E-state index in [1.807, 2.05) is 37.3 Å². The largest absolute Gasteiger partial charge is 0.471 e. The van der Waals surface area contributed by atoms with Crippen LogP contribution in [0.2, 0.25) is 5.02 Å². The van der Waals surface area contributed by atoms with Gasteiger partial charge < -0.3 is 4.52 Å². The fourth-order valence-corrected chi connectivity index (χ4v) is 9.42. The minimum Gasteiger partial charge on any atom is -0.319 e. The number of carbonyl (C=O) groups excluding carboxylic acids is 2. The number of thioether (sulfide) groups is 1. The third kappa shape index (κ3) is 9.15. The van der Waals surface area contributed by atoms with Crippen molar-refractivity contribution in [1.82, 2.24) is 13.1 Å². The van der Waals surface area contributed by atoms with E-state index in [0.29, 0.717) is 21.0 Å². The van der Waals surface area contributed by atoms with E-state index in [2.05, 4.69) is 0 Å². The molecular weight excluding hydrogens is 598 g/mol. The zero-order valence-corrected chi connectivity index (χ0v) is 25.5. The predicted molar refractivity (Wildman–Crippen MR) is 153 cm³/mol. The van der Waals surface area contributed by atoms with E-state index in [9.17, 15) is 22.8 Å². The van der Waals surface area contributed by atoms with E-state index >= 15 is 0 Å². The van der Waals surface area contributed by atoms with Crippen LogP contribution in [0.5, 0.6) is 0 Å². The van der Waals surface area contributed by atoms with Crippen molar-refractivity contribution in [2.24, 2.45) is 0 Å². The SMILES string of the molecule is CCC(C)OP(=S)(N(CC)SN(Cc1ccccc1)C(=O)Sc1ccc(Cl)cc1)N(CC)C(=O)C(F)(F)F. The number of amides is 2. The molecule has 0 bridgehead atoms. The lowest BCUT2D eigenvalue weighted by Gasteiger charge is -2.42. The van der Waals surface area contributed by atoms with Gasteiger partial charge in [-0.25, -0.2) is 0 Å². The van der Waals surface area contributed by atoms with Crippen LogP contribution in [0.4, 0.5) is 18.0 Å². The van der Waals surface area contributed by atoms with Crippen molar-refractivity contribution in [3.8, 4) is 0 Å². The molecule has 0 saturated heterocycles. The number of nitrogens with zero attached hydrogens (tertiary/aromatic N) is 3. The molecule has 0 aromatic heterocycles. The summed E-state index contributed by atoms with van der Waals surface area (Å²) in [5, 5.41) is 0.140. The van der Waals surface area contributed by atoms with Gasteiger partial charge in [-0.2, -0.15) is 17.2 Å². The van der Waals surface area contributed by atoms with Crippen LogP contribution < -0.4 is 0 Å². The second kappa shape index (κ2) is 14.9. The monoisotopic (exact) mass is 627 g/mol. The second-order valence-corrected chi connectivity index (χ2v) is 14.3. The van der Waals surface area contributed by atoms with E-state index < -0.39 is 24.8 Å². The summed E-state index contributed by atoms with van der Waals surface area (Å²) in [5.74, 6) is -2.07. The van der Waals surface area contributed by atoms with Crippen LogP contribution in [0.15, 0.2) is 59.5 Å². The molecule has 0 spiro atoms. The summed E-state index contributed by atoms with van der Waals surface area (Å²) in [7, 11) is 0. The van der Waals surface area contributed by atoms with Gasteiger partial charge in [-0.05, 0) is 73.7 Å². The van der Waals surface area contributed by atoms with Crippen molar-refractivity contribution in [2.75, 3.05) is 13.1 Å². The Bertz CT molecular complexity index is 1110. The van der Waals surface area contributed by atoms with Gasteiger partial charge in [0.05, 0.1) is 24.8 Å². The lowest BCUT2D eigenvalue weighted by Crippen LogP contribution is -2.43. The highest BCUT2D eigenvalue weighted by molar-refractivity contribution is 8.18. The summed E-state index contributed by atoms with van der Waals surface area (Å²) in [6.07, 6.45) is -5.18. The molecule has 6 nitrogen and oxygen atoms in total. The summed E-state index contributed by atoms with van der Waals surface area (Å²) in [6.45, 7) is 2.78. The van der Waals surface area contributed by atoms with Gasteiger partial charge in [-0.1, -0.05) is 55.8 Å². The zero-order chi connectivity index (χ0) is 28.5. The Kier molecular flexibility index (Phi) is 12.9. The van der Waals surface area contributed by atoms with Crippen molar-refractivity contribution in [2.45, 2.75) is 57.8 Å². The molecule has 0 fully saturated rings. The van der Waals surface area contributed by atoms with E-state index in [-0.39, 0.29) is 24.9 Å². The van der Waals surface area contributed by atoms with E-state index in [1.165, 1.54) is 15.3 Å². The van der Waals surface area contributed by atoms with Crippen molar-refractivity contribution in [3.63, 3.8) is 0 Å². The van der Waals surface area contributed by atoms with Gasteiger partial charge in [0.15, 0.2) is 0 Å². The summed E-state index contributed by atoms with van der Waals surface area (Å²) in [4.78, 5) is 26.6. The maximum atomic E-state index is 13.6. The van der Waals surface area contributed by atoms with Crippen molar-refractivity contribution in [1.29, 1.82) is 0 Å². The van der Waals surface area contributed by atoms with Crippen molar-refractivity contribution in [3.05, 3.63) is 65.2 Å². The maximum Gasteiger partial charge on any atom is 0.471 e. The Labute approximate surface area is 240 Å². The summed E-state index contributed by atoms with van der Waals surface area (Å²) < 4.78 is 50.2. The van der Waals surface area contributed by atoms with Crippen LogP contribution in [0.25, 0.3) is 0 Å². The normalized spacial score (nSPS) is 14.1. The topological polar surface area (TPSA) is 53.1 Å². The van der Waals surface area contributed by atoms with Gasteiger partial charge in [0.2, 0.25) is 6.57 Å². The molecule has 2 unspecified atom stereocenters. The highest BCUT2D eigenvalue weighted by Gasteiger charge is 2.49. The highest BCUT2D eigenvalue weighted by atomic mass is 35.5. The van der Waals surface area contributed by atoms with Crippen molar-refractivity contribution >= 4 is 65.0 Å². The third-order valence-electron chi connectivity index (χ3n) is 5.11. The molecule has 2 rings (SSSR count). The van der Waals surface area contributed by atoms with E-state index in [4.69, 9.17) is 27.9 Å². The quantitative estimate of drug-likeness (QED) is 0.133. The average molecular weight is 628 g/mol. The van der Waals surface area contributed by atoms with Gasteiger partial charge in [0.25, 0.3) is 5.24 Å². The zero-order valence-electron chi connectivity index (χ0n) is 21.4. The van der Waals surface area contributed by atoms with Gasteiger partial charge >= 0.3 is 12.1 Å². The first-order chi connectivity index (χ1) is 17.8. The first-order valence-corrected chi connectivity index (χ1v) is 16.3. The number of alkyl halides is 3. The lowest BCUT2D eigenvalue weighted by molar-refractivity contribution is -0.180. The molecule has 0 heterocycles. The minimum atomic E-state index is -5.13. The molecule has 2 atom stereocenters. The summed E-state index contributed by atoms with van der Waals surface area (Å²) in [5.41, 5.74) is 0.802. The first kappa shape index (κ1) is 32.9. The molecule has 2 amide bonds. The van der Waals surface area contributed by atoms with E-state index in [0.717, 1.165) is 29.5 Å². The molecule has 0 aliphatic rings. The van der Waals surface area contributed by atoms with Crippen LogP contribution in [-0.4, -0.2) is 49.6 Å². The minimum absolute atomic E-state index is 0.115. The molecule has 38 heavy (non-hydrogen) atoms. The van der Waals surface area contributed by atoms with Crippen LogP contribution in [0.3, 0.4) is 0 Å². The molecule has 0 N–H and O–H groups in total. The Balaban J connectivity index is 2.49. The van der Waals surface area contributed by atoms with Crippen LogP contribution in [0, 0.1) is 0 Å². The number of benzene rings is 2. The van der Waals surface area contributed by atoms with Gasteiger partial charge in [0.1, 0.15) is 0 Å². The van der Waals surface area contributed by atoms with Gasteiger partial charge in [-0.15, -0.1) is 0 Å². The molecule has 0 aliphatic heterocycles. The van der Waals surface area contributed by atoms with Crippen molar-refractivity contribution < 1.29 is 27.3 Å². The number of carbonyl (C=O) groups is 2. The van der Waals surface area contributed by atoms with Gasteiger partial charge in [-0.3, -0.25) is 18.6 Å². The molecule has 14 heteroatoms. The van der Waals surface area contributed by atoms with Crippen LogP contribution in [0.1, 0.15) is 39.7 Å². The summed E-state index contributed by atoms with van der Waals surface area (Å²) >= 11 is 13.6. The second-order valence-electron chi connectivity index (χ2n) is 7.93. The van der Waals surface area contributed by atoms with E-state index in [1.54, 1.807) is 38.1 Å². The van der Waals surface area contributed by atoms with Crippen LogP contribution >= 0.6 is 42.1 Å². The molecular formula is C24H30ClF3N3O3PS3. The molecule has 210 valence electrons. The number of hydrogen-bond acceptors (Lipinski definition) is 6. The number of hydrogen-bond donors (Lipinski definition) is 0. The Morgan fingerprint density at radius 1 is 1.05 bits per heavy atom. The summed E-state index contributed by atoms with van der Waals surface area (Å²) in [6, 6.07) is 15.9. The molecule has 0 radical (unpaired) electrons. The lowest BCUT2D eigenvalue weighted by atomic mass is 10.2. The Morgan fingerprint density at radius 3 is 2.16 bits per heavy atom. The third-order valence-corrected chi connectivity index (χ3v) is 12.5. The predicted octanol–water partition coefficient (Wildman–Crippen LogP) is 8.39. The highest BCUT2D eigenvalue weighted by Crippen LogP contribution is 2.60. The smallest absolute Gasteiger partial charge is 0.319 e. The Morgan fingerprint density at radius 2 is 1.66 bits per heavy atom. The first-order valence-electron chi connectivity index (χ1n) is 11.8. The Hall–Kier alpha value is -1.27. The van der Waals surface area contributed by atoms with Gasteiger partial charge in [0, 0.05) is 23.0 Å². The fraction of sp³-hybridized carbons (Fsp3) is 0.417. The molecule has 0 aliphatic carbocycles. The average Bonchev–Trinajstić information content (AvgIpc) is 2.87. The maximum absolute atomic E-state index is 13.6.